The van der Waals surface area contributed by atoms with Gasteiger partial charge in [-0.05, 0) is 36.9 Å². The van der Waals surface area contributed by atoms with Crippen LogP contribution >= 0.6 is 0 Å². The van der Waals surface area contributed by atoms with Crippen molar-refractivity contribution in [3.05, 3.63) is 65.1 Å². The molecule has 3 heteroatoms. The SMILES string of the molecule is [C-]#[N+]c1cc(C)c(C)c(-c2c3ccc([Si](CC)(CC)CC)cc3cc[n+]2C)c1. The number of fused-ring (bicyclic) bond motifs is 1. The van der Waals surface area contributed by atoms with Gasteiger partial charge in [-0.1, -0.05) is 67.9 Å². The summed E-state index contributed by atoms with van der Waals surface area (Å²) < 4.78 is 2.20. The van der Waals surface area contributed by atoms with Crippen LogP contribution in [0.5, 0.6) is 0 Å². The van der Waals surface area contributed by atoms with E-state index in [0.717, 1.165) is 5.56 Å². The maximum absolute atomic E-state index is 7.47. The molecule has 144 valence electrons. The highest BCUT2D eigenvalue weighted by molar-refractivity contribution is 6.91. The standard InChI is InChI=1S/C25H31N2Si/c1-8-28(9-2,10-3)22-11-12-23-20(16-22)13-14-27(7)25(23)24-17-21(26-6)15-18(4)19(24)5/h11-17H,8-10H2,1-5,7H3/q+1. The Morgan fingerprint density at radius 3 is 2.25 bits per heavy atom. The molecule has 3 aromatic rings. The predicted molar refractivity (Wildman–Crippen MR) is 123 cm³/mol. The van der Waals surface area contributed by atoms with Crippen molar-refractivity contribution in [3.63, 3.8) is 0 Å². The molecule has 0 aliphatic carbocycles. The third-order valence-corrected chi connectivity index (χ3v) is 12.4. The van der Waals surface area contributed by atoms with Crippen LogP contribution in [0.15, 0.2) is 42.6 Å². The summed E-state index contributed by atoms with van der Waals surface area (Å²) in [5.74, 6) is 0. The second-order valence-corrected chi connectivity index (χ2v) is 13.2. The van der Waals surface area contributed by atoms with Gasteiger partial charge in [-0.2, -0.15) is 0 Å². The minimum atomic E-state index is -1.40. The Morgan fingerprint density at radius 1 is 0.964 bits per heavy atom. The fraction of sp³-hybridized carbons (Fsp3) is 0.360. The molecule has 0 fully saturated rings. The van der Waals surface area contributed by atoms with Gasteiger partial charge in [-0.25, -0.2) is 9.41 Å². The van der Waals surface area contributed by atoms with E-state index >= 15 is 0 Å². The van der Waals surface area contributed by atoms with E-state index in [1.165, 1.54) is 45.7 Å². The summed E-state index contributed by atoms with van der Waals surface area (Å²) in [5, 5.41) is 4.16. The molecule has 0 saturated heterocycles. The van der Waals surface area contributed by atoms with Crippen molar-refractivity contribution >= 4 is 29.7 Å². The van der Waals surface area contributed by atoms with E-state index in [0.29, 0.717) is 5.69 Å². The number of aryl methyl sites for hydroxylation is 2. The number of hydrogen-bond donors (Lipinski definition) is 0. The first-order valence-electron chi connectivity index (χ1n) is 10.3. The highest BCUT2D eigenvalue weighted by atomic mass is 28.3. The quantitative estimate of drug-likeness (QED) is 0.279. The highest BCUT2D eigenvalue weighted by Gasteiger charge is 2.29. The average Bonchev–Trinajstić information content (AvgIpc) is 2.72. The Bertz CT molecular complexity index is 1060. The largest absolute Gasteiger partial charge is 0.238 e. The Hall–Kier alpha value is -2.44. The molecule has 2 aromatic carbocycles. The van der Waals surface area contributed by atoms with E-state index < -0.39 is 8.07 Å². The van der Waals surface area contributed by atoms with Crippen LogP contribution in [0.3, 0.4) is 0 Å². The van der Waals surface area contributed by atoms with Gasteiger partial charge in [-0.15, -0.1) is 0 Å². The first-order chi connectivity index (χ1) is 13.4. The lowest BCUT2D eigenvalue weighted by atomic mass is 9.96. The molecule has 2 nitrogen and oxygen atoms in total. The van der Waals surface area contributed by atoms with Gasteiger partial charge in [-0.3, -0.25) is 0 Å². The van der Waals surface area contributed by atoms with Crippen LogP contribution in [-0.2, 0) is 7.05 Å². The molecule has 1 heterocycles. The third-order valence-electron chi connectivity index (χ3n) is 6.82. The second-order valence-electron chi connectivity index (χ2n) is 7.97. The molecule has 0 bridgehead atoms. The van der Waals surface area contributed by atoms with Crippen LogP contribution in [0.25, 0.3) is 26.9 Å². The Morgan fingerprint density at radius 2 is 1.64 bits per heavy atom. The predicted octanol–water partition coefficient (Wildman–Crippen LogP) is 6.21. The molecule has 0 unspecified atom stereocenters. The van der Waals surface area contributed by atoms with Gasteiger partial charge >= 0.3 is 0 Å². The maximum Gasteiger partial charge on any atom is 0.219 e. The molecule has 0 amide bonds. The third kappa shape index (κ3) is 3.27. The molecule has 0 spiro atoms. The van der Waals surface area contributed by atoms with Crippen LogP contribution in [0.4, 0.5) is 5.69 Å². The zero-order valence-electron chi connectivity index (χ0n) is 18.1. The van der Waals surface area contributed by atoms with Gasteiger partial charge in [0.2, 0.25) is 5.69 Å². The molecule has 28 heavy (non-hydrogen) atoms. The number of hydrogen-bond acceptors (Lipinski definition) is 0. The zero-order valence-corrected chi connectivity index (χ0v) is 19.1. The Kier molecular flexibility index (Phi) is 5.72. The molecule has 0 saturated carbocycles. The molecule has 3 rings (SSSR count). The van der Waals surface area contributed by atoms with Crippen molar-refractivity contribution in [2.24, 2.45) is 7.05 Å². The first-order valence-corrected chi connectivity index (χ1v) is 12.9. The summed E-state index contributed by atoms with van der Waals surface area (Å²) in [6, 6.07) is 17.3. The van der Waals surface area contributed by atoms with Crippen molar-refractivity contribution in [1.82, 2.24) is 0 Å². The van der Waals surface area contributed by atoms with Crippen molar-refractivity contribution < 1.29 is 4.57 Å². The number of nitrogens with zero attached hydrogens (tertiary/aromatic N) is 2. The highest BCUT2D eigenvalue weighted by Crippen LogP contribution is 2.33. The van der Waals surface area contributed by atoms with E-state index in [9.17, 15) is 0 Å². The molecular weight excluding hydrogens is 356 g/mol. The lowest BCUT2D eigenvalue weighted by molar-refractivity contribution is -0.659. The number of pyridine rings is 1. The van der Waals surface area contributed by atoms with E-state index in [4.69, 9.17) is 6.57 Å². The molecule has 1 aromatic heterocycles. The van der Waals surface area contributed by atoms with Crippen molar-refractivity contribution in [2.45, 2.75) is 52.8 Å². The topological polar surface area (TPSA) is 8.24 Å². The maximum atomic E-state index is 7.47. The van der Waals surface area contributed by atoms with Gasteiger partial charge in [0.15, 0.2) is 11.9 Å². The van der Waals surface area contributed by atoms with Gasteiger partial charge in [0.25, 0.3) is 0 Å². The minimum absolute atomic E-state index is 0.709. The van der Waals surface area contributed by atoms with Crippen LogP contribution in [0.1, 0.15) is 31.9 Å². The van der Waals surface area contributed by atoms with Gasteiger partial charge < -0.3 is 0 Å². The van der Waals surface area contributed by atoms with E-state index in [-0.39, 0.29) is 0 Å². The second kappa shape index (κ2) is 7.89. The van der Waals surface area contributed by atoms with Crippen molar-refractivity contribution in [1.29, 1.82) is 0 Å². The minimum Gasteiger partial charge on any atom is -0.238 e. The summed E-state index contributed by atoms with van der Waals surface area (Å²) in [5.41, 5.74) is 5.50. The smallest absolute Gasteiger partial charge is 0.219 e. The van der Waals surface area contributed by atoms with Gasteiger partial charge in [0.05, 0.1) is 20.0 Å². The number of aromatic nitrogens is 1. The normalized spacial score (nSPS) is 11.6. The van der Waals surface area contributed by atoms with E-state index in [1.54, 1.807) is 5.19 Å². The summed E-state index contributed by atoms with van der Waals surface area (Å²) >= 11 is 0. The van der Waals surface area contributed by atoms with Gasteiger partial charge in [0.1, 0.15) is 7.05 Å². The monoisotopic (exact) mass is 387 g/mol. The van der Waals surface area contributed by atoms with Crippen molar-refractivity contribution in [2.75, 3.05) is 0 Å². The lowest BCUT2D eigenvalue weighted by Gasteiger charge is -2.29. The fourth-order valence-corrected chi connectivity index (χ4v) is 8.17. The molecule has 0 aliphatic heterocycles. The Balaban J connectivity index is 2.31. The lowest BCUT2D eigenvalue weighted by Crippen LogP contribution is -2.45. The van der Waals surface area contributed by atoms with Crippen LogP contribution in [0, 0.1) is 20.4 Å². The summed E-state index contributed by atoms with van der Waals surface area (Å²) in [4.78, 5) is 3.69. The summed E-state index contributed by atoms with van der Waals surface area (Å²) in [6.07, 6.45) is 2.16. The molecule has 0 radical (unpaired) electrons. The number of rotatable bonds is 5. The van der Waals surface area contributed by atoms with Crippen LogP contribution in [0.2, 0.25) is 18.1 Å². The Labute approximate surface area is 170 Å². The molecular formula is C25H31N2Si+. The van der Waals surface area contributed by atoms with Crippen LogP contribution < -0.4 is 9.75 Å². The molecule has 0 atom stereocenters. The average molecular weight is 388 g/mol. The first kappa shape index (κ1) is 20.3. The van der Waals surface area contributed by atoms with E-state index in [2.05, 4.69) is 81.5 Å². The van der Waals surface area contributed by atoms with Crippen molar-refractivity contribution in [3.8, 4) is 11.3 Å². The van der Waals surface area contributed by atoms with Crippen LogP contribution in [-0.4, -0.2) is 8.07 Å². The fourth-order valence-electron chi connectivity index (χ4n) is 4.55. The molecule has 0 N–H and O–H groups in total. The zero-order chi connectivity index (χ0) is 20.5. The number of benzene rings is 2. The van der Waals surface area contributed by atoms with Gasteiger partial charge in [0, 0.05) is 11.6 Å². The summed E-state index contributed by atoms with van der Waals surface area (Å²) in [7, 11) is 0.700. The molecule has 0 aliphatic rings. The summed E-state index contributed by atoms with van der Waals surface area (Å²) in [6.45, 7) is 18.8. The van der Waals surface area contributed by atoms with E-state index in [1.807, 2.05) is 12.1 Å².